The summed E-state index contributed by atoms with van der Waals surface area (Å²) < 4.78 is 23.2. The summed E-state index contributed by atoms with van der Waals surface area (Å²) in [6.45, 7) is 2.42. The van der Waals surface area contributed by atoms with E-state index in [0.717, 1.165) is 34.6 Å². The van der Waals surface area contributed by atoms with E-state index in [2.05, 4.69) is 42.5 Å². The van der Waals surface area contributed by atoms with Crippen molar-refractivity contribution in [2.24, 2.45) is 11.5 Å². The van der Waals surface area contributed by atoms with Crippen molar-refractivity contribution < 1.29 is 127 Å². The van der Waals surface area contributed by atoms with E-state index in [4.69, 9.17) is 40.6 Å². The molecule has 37 nitrogen and oxygen atoms in total. The highest BCUT2D eigenvalue weighted by Gasteiger charge is 2.53. The van der Waals surface area contributed by atoms with E-state index in [0.29, 0.717) is 0 Å². The molecule has 10 amide bonds. The molecule has 2 aliphatic heterocycles. The standard InChI is InChI=1S/C46H75N11O26/c1-16(50-40(73)18(3)80-36-32(53-20(5)62)45(79)81-27(15-60)35(36)83-46-31(52-19(4)61)34(69)33(68)26(14-59)82-46)38(71)55-22(37(48)70)8-9-28(63)54-23(43(76)51-17(2)39(72)56-24(44(77)78)12-30(66)67)7-6-10-49-42(75)25(13-58)57-41(74)21(47)11-29(64)65/h16-18,21-27,31-36,45-46,58-60,68-69,79H,6-15,47H2,1-5H3,(H2,48,70)(H,49,75)(H,50,73)(H,51,76)(H,52,61)(H,53,62)(H,54,63)(H,55,71)(H,56,72)(H,57,74)(H,64,65)(H,66,67)(H,77,78). The first-order valence-corrected chi connectivity index (χ1v) is 25.6. The van der Waals surface area contributed by atoms with E-state index < -0.39 is 232 Å². The van der Waals surface area contributed by atoms with Gasteiger partial charge >= 0.3 is 17.9 Å². The maximum Gasteiger partial charge on any atom is 0.326 e. The van der Waals surface area contributed by atoms with Crippen molar-refractivity contribution in [3.05, 3.63) is 0 Å². The number of aliphatic carboxylic acids is 3. The van der Waals surface area contributed by atoms with Crippen LogP contribution in [0.15, 0.2) is 0 Å². The lowest BCUT2D eigenvalue weighted by atomic mass is 9.94. The monoisotopic (exact) mass is 1200 g/mol. The van der Waals surface area contributed by atoms with E-state index in [1.54, 1.807) is 0 Å². The molecule has 0 radical (unpaired) electrons. The van der Waals surface area contributed by atoms with Crippen molar-refractivity contribution in [1.82, 2.24) is 47.9 Å². The number of carbonyl (C=O) groups is 13. The van der Waals surface area contributed by atoms with Gasteiger partial charge in [-0.3, -0.25) is 57.5 Å². The molecule has 22 N–H and O–H groups in total. The molecule has 37 heteroatoms. The van der Waals surface area contributed by atoms with Gasteiger partial charge < -0.3 is 124 Å². The third kappa shape index (κ3) is 23.1. The minimum atomic E-state index is -1.95. The summed E-state index contributed by atoms with van der Waals surface area (Å²) in [6.07, 6.45) is -18.9. The first kappa shape index (κ1) is 71.8. The number of hydrogen-bond donors (Lipinski definition) is 20. The Morgan fingerprint density at radius 1 is 0.578 bits per heavy atom. The zero-order valence-corrected chi connectivity index (χ0v) is 45.6. The van der Waals surface area contributed by atoms with Crippen molar-refractivity contribution >= 4 is 77.0 Å². The number of nitrogens with two attached hydrogens (primary N) is 2. The van der Waals surface area contributed by atoms with Gasteiger partial charge in [0.2, 0.25) is 59.1 Å². The number of amides is 10. The fourth-order valence-corrected chi connectivity index (χ4v) is 8.06. The molecule has 0 aromatic carbocycles. The second-order valence-corrected chi connectivity index (χ2v) is 19.2. The minimum Gasteiger partial charge on any atom is -0.481 e. The number of aliphatic hydroxyl groups excluding tert-OH is 6. The SMILES string of the molecule is CC(=O)NC1C(OC2C(CO)OC(O)C(NC(C)=O)C2OC(C)C(=O)NC(C)C(=O)NC(CCC(=O)NC(CCCNC(=O)C(CO)NC(=O)C(N)CC(=O)O)C(=O)NC(C)C(=O)NC(CC(=O)O)C(=O)O)C(N)=O)OC(CO)C(O)C1O. The van der Waals surface area contributed by atoms with Crippen LogP contribution in [0.2, 0.25) is 0 Å². The average molecular weight is 1200 g/mol. The van der Waals surface area contributed by atoms with Gasteiger partial charge in [0.1, 0.15) is 91.1 Å². The number of carboxylic acids is 3. The summed E-state index contributed by atoms with van der Waals surface area (Å²) in [5.41, 5.74) is 11.0. The van der Waals surface area contributed by atoms with Crippen LogP contribution >= 0.6 is 0 Å². The second kappa shape index (κ2) is 34.3. The normalized spacial score (nSPS) is 25.1. The molecule has 0 saturated carbocycles. The van der Waals surface area contributed by atoms with Crippen LogP contribution in [0.5, 0.6) is 0 Å². The molecule has 2 rings (SSSR count). The van der Waals surface area contributed by atoms with Crippen molar-refractivity contribution in [3.8, 4) is 0 Å². The number of carboxylic acid groups (broad SMARTS) is 3. The van der Waals surface area contributed by atoms with Crippen LogP contribution < -0.4 is 59.3 Å². The summed E-state index contributed by atoms with van der Waals surface area (Å²) in [4.78, 5) is 162. The van der Waals surface area contributed by atoms with Crippen LogP contribution in [-0.2, 0) is 81.3 Å². The van der Waals surface area contributed by atoms with Crippen LogP contribution in [0.1, 0.15) is 73.1 Å². The molecule has 18 unspecified atom stereocenters. The lowest BCUT2D eigenvalue weighted by Gasteiger charge is -2.48. The predicted octanol–water partition coefficient (Wildman–Crippen LogP) is -11.2. The molecular formula is C46H75N11O26. The van der Waals surface area contributed by atoms with Gasteiger partial charge in [0.05, 0.1) is 38.7 Å². The van der Waals surface area contributed by atoms with Crippen molar-refractivity contribution in [2.45, 2.75) is 183 Å². The van der Waals surface area contributed by atoms with Gasteiger partial charge in [-0.2, -0.15) is 0 Å². The molecule has 0 aromatic rings. The van der Waals surface area contributed by atoms with E-state index in [-0.39, 0.29) is 19.4 Å². The predicted molar refractivity (Wildman–Crippen MR) is 271 cm³/mol. The average Bonchev–Trinajstić information content (AvgIpc) is 3.60. The third-order valence-corrected chi connectivity index (χ3v) is 12.5. The van der Waals surface area contributed by atoms with Gasteiger partial charge in [-0.05, 0) is 40.0 Å². The summed E-state index contributed by atoms with van der Waals surface area (Å²) in [5, 5.41) is 110. The fourth-order valence-electron chi connectivity index (χ4n) is 8.06. The van der Waals surface area contributed by atoms with Crippen molar-refractivity contribution in [3.63, 3.8) is 0 Å². The molecule has 0 aromatic heterocycles. The van der Waals surface area contributed by atoms with E-state index >= 15 is 0 Å². The molecular weight excluding hydrogens is 1120 g/mol. The zero-order valence-electron chi connectivity index (χ0n) is 45.6. The molecule has 0 aliphatic carbocycles. The topological polar surface area (TPSA) is 601 Å². The number of ether oxygens (including phenoxy) is 4. The fraction of sp³-hybridized carbons (Fsp3) is 0.717. The number of primary amides is 1. The summed E-state index contributed by atoms with van der Waals surface area (Å²) >= 11 is 0. The van der Waals surface area contributed by atoms with Gasteiger partial charge in [-0.25, -0.2) is 4.79 Å². The molecule has 470 valence electrons. The highest BCUT2D eigenvalue weighted by molar-refractivity contribution is 5.95. The highest BCUT2D eigenvalue weighted by Crippen LogP contribution is 2.31. The van der Waals surface area contributed by atoms with Gasteiger partial charge in [0.15, 0.2) is 12.6 Å². The Balaban J connectivity index is 2.26. The Labute approximate surface area is 471 Å². The number of aliphatic hydroxyl groups is 6. The Hall–Kier alpha value is -7.33. The van der Waals surface area contributed by atoms with E-state index in [9.17, 15) is 98.1 Å². The molecule has 2 fully saturated rings. The summed E-state index contributed by atoms with van der Waals surface area (Å²) in [7, 11) is 0. The Kier molecular flexibility index (Phi) is 29.7. The third-order valence-electron chi connectivity index (χ3n) is 12.5. The lowest BCUT2D eigenvalue weighted by molar-refractivity contribution is -0.333. The second-order valence-electron chi connectivity index (χ2n) is 19.2. The van der Waals surface area contributed by atoms with Gasteiger partial charge in [0, 0.05) is 26.8 Å². The molecule has 2 aliphatic rings. The van der Waals surface area contributed by atoms with Crippen LogP contribution in [-0.4, -0.2) is 259 Å². The van der Waals surface area contributed by atoms with E-state index in [1.165, 1.54) is 0 Å². The number of carbonyl (C=O) groups excluding carboxylic acids is 10. The van der Waals surface area contributed by atoms with Crippen molar-refractivity contribution in [1.29, 1.82) is 0 Å². The van der Waals surface area contributed by atoms with E-state index in [1.807, 2.05) is 5.32 Å². The maximum absolute atomic E-state index is 13.6. The molecule has 0 spiro atoms. The van der Waals surface area contributed by atoms with Gasteiger partial charge in [0.25, 0.3) is 0 Å². The first-order chi connectivity index (χ1) is 38.8. The highest BCUT2D eigenvalue weighted by atomic mass is 16.7. The molecule has 2 saturated heterocycles. The van der Waals surface area contributed by atoms with Crippen LogP contribution in [0.4, 0.5) is 0 Å². The smallest absolute Gasteiger partial charge is 0.326 e. The lowest BCUT2D eigenvalue weighted by Crippen LogP contribution is -2.70. The molecule has 83 heavy (non-hydrogen) atoms. The van der Waals surface area contributed by atoms with Crippen LogP contribution in [0.25, 0.3) is 0 Å². The van der Waals surface area contributed by atoms with Crippen molar-refractivity contribution in [2.75, 3.05) is 26.4 Å². The molecule has 18 atom stereocenters. The quantitative estimate of drug-likeness (QED) is 0.0266. The maximum atomic E-state index is 13.6. The van der Waals surface area contributed by atoms with Crippen LogP contribution in [0.3, 0.4) is 0 Å². The number of hydrogen-bond acceptors (Lipinski definition) is 24. The van der Waals surface area contributed by atoms with Crippen LogP contribution in [0, 0.1) is 0 Å². The van der Waals surface area contributed by atoms with Gasteiger partial charge in [-0.15, -0.1) is 0 Å². The molecule has 0 bridgehead atoms. The first-order valence-electron chi connectivity index (χ1n) is 25.6. The van der Waals surface area contributed by atoms with Gasteiger partial charge in [-0.1, -0.05) is 0 Å². The molecule has 2 heterocycles. The number of rotatable bonds is 34. The summed E-state index contributed by atoms with van der Waals surface area (Å²) in [5.74, 6) is -14.9. The Bertz CT molecular complexity index is 2320. The minimum absolute atomic E-state index is 0.176. The largest absolute Gasteiger partial charge is 0.481 e. The zero-order chi connectivity index (χ0) is 63.2. The summed E-state index contributed by atoms with van der Waals surface area (Å²) in [6, 6.07) is -14.6. The number of nitrogens with one attached hydrogen (secondary N) is 9. The Morgan fingerprint density at radius 2 is 1.12 bits per heavy atom. The Morgan fingerprint density at radius 3 is 1.64 bits per heavy atom.